The number of likely N-dealkylation sites (N-methyl/N-ethyl adjacent to an activating group) is 1. The molecule has 1 saturated heterocycles. The number of ether oxygens (including phenoxy) is 1. The first-order valence-corrected chi connectivity index (χ1v) is 11.4. The number of carbonyl (C=O) groups excluding carboxylic acids is 1. The fourth-order valence-electron chi connectivity index (χ4n) is 4.19. The van der Waals surface area contributed by atoms with Gasteiger partial charge in [-0.2, -0.15) is 4.31 Å². The molecule has 158 valence electrons. The molecule has 2 aliphatic rings. The van der Waals surface area contributed by atoms with E-state index in [0.29, 0.717) is 31.9 Å². The number of benzene rings is 2. The molecule has 2 heterocycles. The normalized spacial score (nSPS) is 20.4. The summed E-state index contributed by atoms with van der Waals surface area (Å²) in [5.74, 6) is -0.145. The fraction of sp³-hybridized carbons (Fsp3) is 0.348. The molecular weight excluding hydrogens is 400 g/mol. The van der Waals surface area contributed by atoms with Crippen LogP contribution >= 0.6 is 0 Å². The topological polar surface area (TPSA) is 66.9 Å². The van der Waals surface area contributed by atoms with E-state index in [1.807, 2.05) is 30.1 Å². The number of para-hydroxylation sites is 1. The highest BCUT2D eigenvalue weighted by Gasteiger charge is 2.38. The van der Waals surface area contributed by atoms with Crippen molar-refractivity contribution < 1.29 is 17.9 Å². The van der Waals surface area contributed by atoms with Crippen molar-refractivity contribution in [3.8, 4) is 0 Å². The maximum absolute atomic E-state index is 13.0. The predicted molar refractivity (Wildman–Crippen MR) is 116 cm³/mol. The quantitative estimate of drug-likeness (QED) is 0.555. The Bertz CT molecular complexity index is 1100. The Labute approximate surface area is 177 Å². The van der Waals surface area contributed by atoms with Crippen LogP contribution in [-0.2, 0) is 20.2 Å². The largest absolute Gasteiger partial charge is 0.379 e. The second-order valence-electron chi connectivity index (χ2n) is 8.14. The summed E-state index contributed by atoms with van der Waals surface area (Å²) in [7, 11) is -1.61. The van der Waals surface area contributed by atoms with E-state index in [9.17, 15) is 13.2 Å². The van der Waals surface area contributed by atoms with Crippen LogP contribution in [0.15, 0.2) is 65.2 Å². The Kier molecular flexibility index (Phi) is 5.30. The first-order valence-electron chi connectivity index (χ1n) is 10.0. The van der Waals surface area contributed by atoms with Crippen molar-refractivity contribution in [2.24, 2.45) is 0 Å². The van der Waals surface area contributed by atoms with Gasteiger partial charge in [0.05, 0.1) is 18.1 Å². The average Bonchev–Trinajstić information content (AvgIpc) is 2.95. The van der Waals surface area contributed by atoms with Crippen LogP contribution in [0.4, 0.5) is 5.69 Å². The Balaban J connectivity index is 1.59. The second-order valence-corrected chi connectivity index (χ2v) is 10.1. The molecule has 0 aromatic heterocycles. The summed E-state index contributed by atoms with van der Waals surface area (Å²) in [6.07, 6.45) is 1.66. The summed E-state index contributed by atoms with van der Waals surface area (Å²) < 4.78 is 32.2. The monoisotopic (exact) mass is 426 g/mol. The zero-order valence-electron chi connectivity index (χ0n) is 17.5. The molecule has 0 saturated carbocycles. The van der Waals surface area contributed by atoms with Gasteiger partial charge in [-0.1, -0.05) is 32.0 Å². The number of ketones is 1. The van der Waals surface area contributed by atoms with Crippen molar-refractivity contribution in [1.29, 1.82) is 0 Å². The highest BCUT2D eigenvalue weighted by Crippen LogP contribution is 2.46. The third kappa shape index (κ3) is 3.47. The average molecular weight is 427 g/mol. The zero-order chi connectivity index (χ0) is 21.5. The van der Waals surface area contributed by atoms with Crippen LogP contribution in [0.1, 0.15) is 29.8 Å². The molecular formula is C23H26N2O4S. The fourth-order valence-corrected chi connectivity index (χ4v) is 5.60. The van der Waals surface area contributed by atoms with E-state index >= 15 is 0 Å². The lowest BCUT2D eigenvalue weighted by molar-refractivity contribution is 0.0730. The minimum absolute atomic E-state index is 0.145. The highest BCUT2D eigenvalue weighted by atomic mass is 32.2. The first kappa shape index (κ1) is 20.8. The first-order chi connectivity index (χ1) is 14.2. The van der Waals surface area contributed by atoms with Gasteiger partial charge in [-0.05, 0) is 35.9 Å². The van der Waals surface area contributed by atoms with E-state index in [2.05, 4.69) is 19.9 Å². The maximum atomic E-state index is 13.0. The molecule has 6 nitrogen and oxygen atoms in total. The van der Waals surface area contributed by atoms with E-state index in [1.54, 1.807) is 18.2 Å². The summed E-state index contributed by atoms with van der Waals surface area (Å²) in [6.45, 7) is 5.69. The molecule has 2 aliphatic heterocycles. The van der Waals surface area contributed by atoms with E-state index in [-0.39, 0.29) is 16.1 Å². The Morgan fingerprint density at radius 1 is 1.03 bits per heavy atom. The highest BCUT2D eigenvalue weighted by molar-refractivity contribution is 7.89. The molecule has 0 spiro atoms. The zero-order valence-corrected chi connectivity index (χ0v) is 18.3. The number of rotatable bonds is 4. The molecule has 0 N–H and O–H groups in total. The third-order valence-corrected chi connectivity index (χ3v) is 7.87. The van der Waals surface area contributed by atoms with Gasteiger partial charge in [0.15, 0.2) is 5.78 Å². The van der Waals surface area contributed by atoms with Crippen molar-refractivity contribution in [3.63, 3.8) is 0 Å². The molecule has 2 aromatic rings. The number of fused-ring (bicyclic) bond motifs is 1. The lowest BCUT2D eigenvalue weighted by Gasteiger charge is -2.26. The van der Waals surface area contributed by atoms with Crippen molar-refractivity contribution in [2.75, 3.05) is 38.3 Å². The standard InChI is InChI=1S/C23H26N2O4S/c1-23(2)19-6-4-5-7-20(19)24(3)22(23)16-21(26)17-8-10-18(11-9-17)30(27,28)25-12-14-29-15-13-25/h4-11,16H,12-15H2,1-3H3/b22-16+. The van der Waals surface area contributed by atoms with Gasteiger partial charge in [0.25, 0.3) is 0 Å². The van der Waals surface area contributed by atoms with Gasteiger partial charge >= 0.3 is 0 Å². The molecule has 0 aliphatic carbocycles. The lowest BCUT2D eigenvalue weighted by atomic mass is 9.83. The number of sulfonamides is 1. The second kappa shape index (κ2) is 7.65. The molecule has 30 heavy (non-hydrogen) atoms. The number of hydrogen-bond acceptors (Lipinski definition) is 5. The summed E-state index contributed by atoms with van der Waals surface area (Å²) >= 11 is 0. The van der Waals surface area contributed by atoms with Gasteiger partial charge in [-0.15, -0.1) is 0 Å². The van der Waals surface area contributed by atoms with Gasteiger partial charge < -0.3 is 9.64 Å². The molecule has 0 amide bonds. The third-order valence-electron chi connectivity index (χ3n) is 5.95. The van der Waals surface area contributed by atoms with Gasteiger partial charge in [0.2, 0.25) is 10.0 Å². The van der Waals surface area contributed by atoms with Crippen LogP contribution in [0.25, 0.3) is 0 Å². The van der Waals surface area contributed by atoms with Gasteiger partial charge in [0, 0.05) is 48.6 Å². The van der Waals surface area contributed by atoms with E-state index in [4.69, 9.17) is 4.74 Å². The van der Waals surface area contributed by atoms with E-state index < -0.39 is 10.0 Å². The van der Waals surface area contributed by atoms with E-state index in [1.165, 1.54) is 22.0 Å². The lowest BCUT2D eigenvalue weighted by Crippen LogP contribution is -2.40. The Hall–Kier alpha value is -2.48. The molecule has 0 radical (unpaired) electrons. The molecule has 7 heteroatoms. The smallest absolute Gasteiger partial charge is 0.243 e. The number of hydrogen-bond donors (Lipinski definition) is 0. The maximum Gasteiger partial charge on any atom is 0.243 e. The van der Waals surface area contributed by atoms with Crippen LogP contribution < -0.4 is 4.90 Å². The van der Waals surface area contributed by atoms with Gasteiger partial charge in [-0.3, -0.25) is 4.79 Å². The summed E-state index contributed by atoms with van der Waals surface area (Å²) in [5.41, 5.74) is 3.36. The molecule has 0 bridgehead atoms. The van der Waals surface area contributed by atoms with Crippen LogP contribution in [0.3, 0.4) is 0 Å². The number of allylic oxidation sites excluding steroid dienone is 2. The van der Waals surface area contributed by atoms with Gasteiger partial charge in [0.1, 0.15) is 0 Å². The minimum Gasteiger partial charge on any atom is -0.379 e. The molecule has 2 aromatic carbocycles. The van der Waals surface area contributed by atoms with Crippen molar-refractivity contribution in [2.45, 2.75) is 24.2 Å². The van der Waals surface area contributed by atoms with Crippen LogP contribution in [0, 0.1) is 0 Å². The van der Waals surface area contributed by atoms with Crippen LogP contribution in [-0.4, -0.2) is 51.9 Å². The SMILES string of the molecule is CN1/C(=C/C(=O)c2ccc(S(=O)(=O)N3CCOCC3)cc2)C(C)(C)c2ccccc21. The number of morpholine rings is 1. The Morgan fingerprint density at radius 2 is 1.67 bits per heavy atom. The molecule has 0 unspecified atom stereocenters. The van der Waals surface area contributed by atoms with Gasteiger partial charge in [-0.25, -0.2) is 8.42 Å². The van der Waals surface area contributed by atoms with Crippen molar-refractivity contribution in [3.05, 3.63) is 71.4 Å². The van der Waals surface area contributed by atoms with Crippen LogP contribution in [0.5, 0.6) is 0 Å². The van der Waals surface area contributed by atoms with Crippen LogP contribution in [0.2, 0.25) is 0 Å². The minimum atomic E-state index is -3.57. The summed E-state index contributed by atoms with van der Waals surface area (Å²) in [4.78, 5) is 15.2. The molecule has 0 atom stereocenters. The summed E-state index contributed by atoms with van der Waals surface area (Å²) in [5, 5.41) is 0. The number of nitrogens with zero attached hydrogens (tertiary/aromatic N) is 2. The predicted octanol–water partition coefficient (Wildman–Crippen LogP) is 3.20. The molecule has 1 fully saturated rings. The Morgan fingerprint density at radius 3 is 2.30 bits per heavy atom. The molecule has 4 rings (SSSR count). The summed E-state index contributed by atoms with van der Waals surface area (Å²) in [6, 6.07) is 14.3. The van der Waals surface area contributed by atoms with Crippen molar-refractivity contribution >= 4 is 21.5 Å². The van der Waals surface area contributed by atoms with E-state index in [0.717, 1.165) is 11.4 Å². The van der Waals surface area contributed by atoms with Crippen molar-refractivity contribution in [1.82, 2.24) is 4.31 Å². The number of anilines is 1. The number of carbonyl (C=O) groups is 1.